The molecule has 0 bridgehead atoms. The third-order valence-electron chi connectivity index (χ3n) is 5.15. The highest BCUT2D eigenvalue weighted by Gasteiger charge is 2.50. The lowest BCUT2D eigenvalue weighted by Gasteiger charge is -2.14. The van der Waals surface area contributed by atoms with E-state index in [0.29, 0.717) is 17.5 Å². The number of hydrogen-bond acceptors (Lipinski definition) is 3. The molecule has 162 valence electrons. The van der Waals surface area contributed by atoms with Crippen molar-refractivity contribution in [2.45, 2.75) is 24.5 Å². The van der Waals surface area contributed by atoms with Crippen molar-refractivity contribution in [1.29, 1.82) is 0 Å². The number of nitrogens with one attached hydrogen (secondary N) is 2. The average Bonchev–Trinajstić information content (AvgIpc) is 3.50. The van der Waals surface area contributed by atoms with Gasteiger partial charge in [-0.3, -0.25) is 0 Å². The van der Waals surface area contributed by atoms with E-state index in [2.05, 4.69) is 10.0 Å². The van der Waals surface area contributed by atoms with E-state index in [4.69, 9.17) is 0 Å². The maximum Gasteiger partial charge on any atom is 0.184 e. The van der Waals surface area contributed by atoms with Gasteiger partial charge in [-0.25, -0.2) is 22.3 Å². The Kier molecular flexibility index (Phi) is 5.62. The predicted octanol–water partition coefficient (Wildman–Crippen LogP) is 5.58. The van der Waals surface area contributed by atoms with Crippen LogP contribution >= 0.6 is 0 Å². The molecule has 4 rings (SSSR count). The fraction of sp³-hybridized carbons (Fsp3) is 0.182. The summed E-state index contributed by atoms with van der Waals surface area (Å²) >= 11 is 0. The van der Waals surface area contributed by atoms with Crippen molar-refractivity contribution in [2.75, 3.05) is 10.0 Å². The summed E-state index contributed by atoms with van der Waals surface area (Å²) in [6.45, 7) is 1.69. The average molecular weight is 451 g/mol. The van der Waals surface area contributed by atoms with Crippen molar-refractivity contribution in [3.63, 3.8) is 0 Å². The zero-order valence-electron chi connectivity index (χ0n) is 16.3. The van der Waals surface area contributed by atoms with Crippen LogP contribution in [0.25, 0.3) is 0 Å². The number of halogens is 4. The summed E-state index contributed by atoms with van der Waals surface area (Å²) in [5.41, 5.74) is 0.545. The maximum atomic E-state index is 14.5. The molecule has 3 aromatic carbocycles. The van der Waals surface area contributed by atoms with Crippen molar-refractivity contribution in [3.8, 4) is 5.75 Å². The Balaban J connectivity index is 1.56. The van der Waals surface area contributed by atoms with Crippen LogP contribution in [0.4, 0.5) is 34.6 Å². The van der Waals surface area contributed by atoms with Gasteiger partial charge in [0.05, 0.1) is 5.69 Å². The van der Waals surface area contributed by atoms with Crippen molar-refractivity contribution in [1.82, 2.24) is 0 Å². The second kappa shape index (κ2) is 8.22. The number of aryl methyl sites for hydroxylation is 1. The molecule has 4 nitrogen and oxygen atoms in total. The number of phenols is 1. The molecule has 3 atom stereocenters. The molecule has 1 fully saturated rings. The molecule has 0 aliphatic heterocycles. The molecule has 9 heteroatoms. The molecule has 31 heavy (non-hydrogen) atoms. The molecule has 3 N–H and O–H groups in total. The number of aromatic hydroxyl groups is 1. The number of benzene rings is 3. The third-order valence-corrected chi connectivity index (χ3v) is 6.79. The van der Waals surface area contributed by atoms with E-state index in [1.165, 1.54) is 30.3 Å². The van der Waals surface area contributed by atoms with Crippen LogP contribution < -0.4 is 10.0 Å². The molecule has 0 saturated heterocycles. The molecule has 0 aromatic heterocycles. The minimum atomic E-state index is -2.17. The molecule has 1 saturated carbocycles. The summed E-state index contributed by atoms with van der Waals surface area (Å²) in [6, 6.07) is 10.1. The Morgan fingerprint density at radius 1 is 0.935 bits per heavy atom. The van der Waals surface area contributed by atoms with E-state index >= 15 is 0 Å². The highest BCUT2D eigenvalue weighted by molar-refractivity contribution is 7.87. The number of rotatable bonds is 6. The predicted molar refractivity (Wildman–Crippen MR) is 113 cm³/mol. The second-order valence-corrected chi connectivity index (χ2v) is 8.98. The standard InChI is InChI=1S/C22H18F4N2O2S/c1-11-2-6-18(17(25)8-11)27-22-19(7-5-15(23)21(22)26)28-31(30)20-10-14(20)13-4-3-12(29)9-16(13)24/h2-9,14,20,27,29H,10H2,1H3,(H,28,30)/p+1. The summed E-state index contributed by atoms with van der Waals surface area (Å²) in [4.78, 5) is 0. The van der Waals surface area contributed by atoms with Crippen molar-refractivity contribution >= 4 is 28.0 Å². The molecule has 1 aliphatic carbocycles. The van der Waals surface area contributed by atoms with Crippen molar-refractivity contribution < 1.29 is 26.9 Å². The zero-order chi connectivity index (χ0) is 22.3. The van der Waals surface area contributed by atoms with E-state index in [0.717, 1.165) is 12.1 Å². The monoisotopic (exact) mass is 451 g/mol. The Morgan fingerprint density at radius 3 is 2.39 bits per heavy atom. The smallest absolute Gasteiger partial charge is 0.184 e. The summed E-state index contributed by atoms with van der Waals surface area (Å²) in [7, 11) is -2.17. The normalized spacial score (nSPS) is 18.5. The van der Waals surface area contributed by atoms with Gasteiger partial charge in [-0.2, -0.15) is 0 Å². The van der Waals surface area contributed by atoms with Crippen LogP contribution in [0.3, 0.4) is 0 Å². The van der Waals surface area contributed by atoms with E-state index in [1.54, 1.807) is 13.0 Å². The third kappa shape index (κ3) is 4.36. The first-order chi connectivity index (χ1) is 14.7. The van der Waals surface area contributed by atoms with Gasteiger partial charge in [0.1, 0.15) is 34.0 Å². The Hall–Kier alpha value is -3.07. The van der Waals surface area contributed by atoms with Crippen LogP contribution in [0, 0.1) is 30.2 Å². The molecule has 1 aliphatic rings. The molecule has 0 amide bonds. The van der Waals surface area contributed by atoms with Crippen LogP contribution in [-0.4, -0.2) is 10.4 Å². The number of hydrogen-bond donors (Lipinski definition) is 3. The van der Waals surface area contributed by atoms with Gasteiger partial charge >= 0.3 is 0 Å². The van der Waals surface area contributed by atoms with Crippen LogP contribution in [0.1, 0.15) is 23.5 Å². The SMILES string of the molecule is Cc1ccc(Nc2c(N[SH+](=O)C3CC3c3ccc(O)cc3F)ccc(F)c2F)c(F)c1. The molecule has 0 heterocycles. The van der Waals surface area contributed by atoms with Crippen LogP contribution in [-0.2, 0) is 15.2 Å². The molecule has 3 unspecified atom stereocenters. The first-order valence-electron chi connectivity index (χ1n) is 9.47. The Bertz CT molecular complexity index is 1190. The second-order valence-electron chi connectivity index (χ2n) is 7.45. The van der Waals surface area contributed by atoms with Crippen LogP contribution in [0.5, 0.6) is 5.75 Å². The highest BCUT2D eigenvalue weighted by atomic mass is 32.2. The van der Waals surface area contributed by atoms with Gasteiger partial charge in [-0.05, 0) is 48.4 Å². The molecule has 0 radical (unpaired) electrons. The number of thiol groups is 1. The summed E-state index contributed by atoms with van der Waals surface area (Å²) in [5, 5.41) is 11.4. The van der Waals surface area contributed by atoms with Gasteiger partial charge < -0.3 is 10.4 Å². The quantitative estimate of drug-likeness (QED) is 0.261. The summed E-state index contributed by atoms with van der Waals surface area (Å²) in [5.74, 6) is -4.17. The lowest BCUT2D eigenvalue weighted by molar-refractivity contribution is 0.468. The minimum Gasteiger partial charge on any atom is -0.508 e. The van der Waals surface area contributed by atoms with Crippen LogP contribution in [0.2, 0.25) is 0 Å². The fourth-order valence-corrected chi connectivity index (χ4v) is 4.91. The zero-order valence-corrected chi connectivity index (χ0v) is 17.2. The minimum absolute atomic E-state index is 0.00295. The van der Waals surface area contributed by atoms with Crippen LogP contribution in [0.15, 0.2) is 48.5 Å². The fourth-order valence-electron chi connectivity index (χ4n) is 3.42. The first-order valence-corrected chi connectivity index (χ1v) is 10.8. The van der Waals surface area contributed by atoms with Gasteiger partial charge in [0, 0.05) is 18.4 Å². The Morgan fingerprint density at radius 2 is 1.68 bits per heavy atom. The lowest BCUT2D eigenvalue weighted by atomic mass is 10.1. The molecule has 0 spiro atoms. The molecular weight excluding hydrogens is 432 g/mol. The number of phenolic OH excluding ortho intramolecular Hbond substituents is 1. The van der Waals surface area contributed by atoms with Gasteiger partial charge in [-0.15, -0.1) is 0 Å². The summed E-state index contributed by atoms with van der Waals surface area (Å²) in [6.07, 6.45) is 0.433. The topological polar surface area (TPSA) is 61.4 Å². The van der Waals surface area contributed by atoms with E-state index in [9.17, 15) is 26.9 Å². The van der Waals surface area contributed by atoms with E-state index in [1.807, 2.05) is 0 Å². The van der Waals surface area contributed by atoms with Gasteiger partial charge in [-0.1, -0.05) is 16.3 Å². The van der Waals surface area contributed by atoms with E-state index < -0.39 is 39.5 Å². The largest absolute Gasteiger partial charge is 0.508 e. The van der Waals surface area contributed by atoms with Gasteiger partial charge in [0.2, 0.25) is 0 Å². The molecular formula is C22H19F4N2O2S+. The number of anilines is 3. The highest BCUT2D eigenvalue weighted by Crippen LogP contribution is 2.46. The van der Waals surface area contributed by atoms with Gasteiger partial charge in [0.25, 0.3) is 0 Å². The first kappa shape index (κ1) is 21.2. The Labute approximate surface area is 178 Å². The van der Waals surface area contributed by atoms with Crippen molar-refractivity contribution in [2.24, 2.45) is 0 Å². The summed E-state index contributed by atoms with van der Waals surface area (Å²) < 4.78 is 72.0. The van der Waals surface area contributed by atoms with Gasteiger partial charge in [0.15, 0.2) is 22.6 Å². The lowest BCUT2D eigenvalue weighted by Crippen LogP contribution is -2.12. The molecule has 3 aromatic rings. The van der Waals surface area contributed by atoms with E-state index in [-0.39, 0.29) is 28.7 Å². The maximum absolute atomic E-state index is 14.5. The van der Waals surface area contributed by atoms with Crippen molar-refractivity contribution in [3.05, 3.63) is 82.9 Å².